The van der Waals surface area contributed by atoms with Gasteiger partial charge in [-0.3, -0.25) is 0 Å². The molecule has 1 rings (SSSR count). The van der Waals surface area contributed by atoms with Crippen molar-refractivity contribution in [3.05, 3.63) is 59.7 Å². The van der Waals surface area contributed by atoms with E-state index in [2.05, 4.69) is 36.4 Å². The van der Waals surface area contributed by atoms with Gasteiger partial charge in [-0.15, -0.1) is 0 Å². The van der Waals surface area contributed by atoms with Gasteiger partial charge >= 0.3 is 0 Å². The maximum Gasteiger partial charge on any atom is 0.0106 e. The van der Waals surface area contributed by atoms with Crippen molar-refractivity contribution >= 4 is 0 Å². The number of hydrogen-bond donors (Lipinski definition) is 2. The van der Waals surface area contributed by atoms with Crippen LogP contribution in [0.25, 0.3) is 0 Å². The molecule has 2 heteroatoms. The predicted molar refractivity (Wildman–Crippen MR) is 70.2 cm³/mol. The Kier molecular flexibility index (Phi) is 6.23. The van der Waals surface area contributed by atoms with Gasteiger partial charge in [-0.05, 0) is 24.0 Å². The second-order valence-corrected chi connectivity index (χ2v) is 3.64. The standard InChI is InChI=1S/C14H20N2/c15-10-3-1-6-13-8-5-9-14(12-13)7-2-4-11-16/h1-5,8-9,12H,6-7,10-11,15-16H2. The maximum absolute atomic E-state index is 5.40. The summed E-state index contributed by atoms with van der Waals surface area (Å²) in [6.45, 7) is 1.22. The lowest BCUT2D eigenvalue weighted by molar-refractivity contribution is 1.16. The van der Waals surface area contributed by atoms with E-state index in [1.165, 1.54) is 11.1 Å². The van der Waals surface area contributed by atoms with Gasteiger partial charge < -0.3 is 11.5 Å². The molecule has 2 nitrogen and oxygen atoms in total. The summed E-state index contributed by atoms with van der Waals surface area (Å²) in [7, 11) is 0. The zero-order valence-corrected chi connectivity index (χ0v) is 9.60. The molecule has 1 aromatic carbocycles. The number of nitrogens with two attached hydrogens (primary N) is 2. The lowest BCUT2D eigenvalue weighted by Crippen LogP contribution is -1.94. The molecular formula is C14H20N2. The average molecular weight is 216 g/mol. The quantitative estimate of drug-likeness (QED) is 0.712. The van der Waals surface area contributed by atoms with Gasteiger partial charge in [0.2, 0.25) is 0 Å². The van der Waals surface area contributed by atoms with Crippen molar-refractivity contribution in [2.45, 2.75) is 12.8 Å². The lowest BCUT2D eigenvalue weighted by atomic mass is 10.1. The Morgan fingerprint density at radius 2 is 1.31 bits per heavy atom. The van der Waals surface area contributed by atoms with Gasteiger partial charge in [0.25, 0.3) is 0 Å². The third-order valence-corrected chi connectivity index (χ3v) is 2.30. The molecule has 0 fully saturated rings. The Bertz CT molecular complexity index is 322. The number of rotatable bonds is 6. The smallest absolute Gasteiger partial charge is 0.0106 e. The van der Waals surface area contributed by atoms with Crippen LogP contribution in [-0.2, 0) is 12.8 Å². The van der Waals surface area contributed by atoms with Crippen molar-refractivity contribution in [1.29, 1.82) is 0 Å². The van der Waals surface area contributed by atoms with E-state index in [-0.39, 0.29) is 0 Å². The van der Waals surface area contributed by atoms with Crippen LogP contribution in [0, 0.1) is 0 Å². The Morgan fingerprint density at radius 3 is 1.75 bits per heavy atom. The second-order valence-electron chi connectivity index (χ2n) is 3.64. The fourth-order valence-corrected chi connectivity index (χ4v) is 1.51. The van der Waals surface area contributed by atoms with Crippen molar-refractivity contribution in [2.24, 2.45) is 11.5 Å². The molecule has 0 atom stereocenters. The SMILES string of the molecule is NCC=CCc1cccc(CC=CCN)c1. The van der Waals surface area contributed by atoms with Crippen LogP contribution in [0.5, 0.6) is 0 Å². The van der Waals surface area contributed by atoms with Crippen LogP contribution in [0.15, 0.2) is 48.6 Å². The molecular weight excluding hydrogens is 196 g/mol. The maximum atomic E-state index is 5.40. The van der Waals surface area contributed by atoms with Crippen LogP contribution < -0.4 is 11.5 Å². The van der Waals surface area contributed by atoms with E-state index in [1.807, 2.05) is 12.2 Å². The van der Waals surface area contributed by atoms with Crippen molar-refractivity contribution in [1.82, 2.24) is 0 Å². The van der Waals surface area contributed by atoms with Gasteiger partial charge in [0.1, 0.15) is 0 Å². The summed E-state index contributed by atoms with van der Waals surface area (Å²) < 4.78 is 0. The second kappa shape index (κ2) is 7.85. The van der Waals surface area contributed by atoms with Crippen molar-refractivity contribution in [3.8, 4) is 0 Å². The zero-order valence-electron chi connectivity index (χ0n) is 9.60. The van der Waals surface area contributed by atoms with E-state index in [0.717, 1.165) is 12.8 Å². The lowest BCUT2D eigenvalue weighted by Gasteiger charge is -2.00. The van der Waals surface area contributed by atoms with Crippen LogP contribution >= 0.6 is 0 Å². The van der Waals surface area contributed by atoms with Crippen molar-refractivity contribution < 1.29 is 0 Å². The largest absolute Gasteiger partial charge is 0.327 e. The summed E-state index contributed by atoms with van der Waals surface area (Å²) in [6, 6.07) is 8.59. The predicted octanol–water partition coefficient (Wildman–Crippen LogP) is 1.80. The molecule has 0 aliphatic rings. The van der Waals surface area contributed by atoms with E-state index < -0.39 is 0 Å². The zero-order chi connectivity index (χ0) is 11.6. The van der Waals surface area contributed by atoms with Crippen LogP contribution in [0.1, 0.15) is 11.1 Å². The minimum atomic E-state index is 0.610. The fourth-order valence-electron chi connectivity index (χ4n) is 1.51. The first-order chi connectivity index (χ1) is 7.86. The molecule has 0 unspecified atom stereocenters. The summed E-state index contributed by atoms with van der Waals surface area (Å²) in [5, 5.41) is 0. The minimum absolute atomic E-state index is 0.610. The van der Waals surface area contributed by atoms with Crippen LogP contribution in [0.3, 0.4) is 0 Å². The summed E-state index contributed by atoms with van der Waals surface area (Å²) in [5.41, 5.74) is 13.4. The van der Waals surface area contributed by atoms with E-state index in [1.54, 1.807) is 0 Å². The molecule has 0 spiro atoms. The average Bonchev–Trinajstić information content (AvgIpc) is 2.30. The molecule has 0 saturated carbocycles. The van der Waals surface area contributed by atoms with Gasteiger partial charge in [0.15, 0.2) is 0 Å². The van der Waals surface area contributed by atoms with Gasteiger partial charge in [0.05, 0.1) is 0 Å². The Labute approximate surface area is 97.7 Å². The molecule has 0 saturated heterocycles. The highest BCUT2D eigenvalue weighted by Crippen LogP contribution is 2.07. The number of benzene rings is 1. The van der Waals surface area contributed by atoms with Crippen LogP contribution in [0.2, 0.25) is 0 Å². The van der Waals surface area contributed by atoms with Gasteiger partial charge in [-0.25, -0.2) is 0 Å². The summed E-state index contributed by atoms with van der Waals surface area (Å²) in [5.74, 6) is 0. The monoisotopic (exact) mass is 216 g/mol. The molecule has 0 aliphatic heterocycles. The normalized spacial score (nSPS) is 11.6. The number of hydrogen-bond acceptors (Lipinski definition) is 2. The number of allylic oxidation sites excluding steroid dienone is 2. The molecule has 4 N–H and O–H groups in total. The molecule has 0 amide bonds. The van der Waals surface area contributed by atoms with Crippen molar-refractivity contribution in [2.75, 3.05) is 13.1 Å². The molecule has 0 aliphatic carbocycles. The Morgan fingerprint density at radius 1 is 0.812 bits per heavy atom. The third kappa shape index (κ3) is 4.91. The van der Waals surface area contributed by atoms with E-state index in [9.17, 15) is 0 Å². The first-order valence-electron chi connectivity index (χ1n) is 5.64. The summed E-state index contributed by atoms with van der Waals surface area (Å²) in [4.78, 5) is 0. The Balaban J connectivity index is 2.56. The minimum Gasteiger partial charge on any atom is -0.327 e. The first kappa shape index (κ1) is 12.7. The summed E-state index contributed by atoms with van der Waals surface area (Å²) in [6.07, 6.45) is 10.1. The molecule has 0 bridgehead atoms. The van der Waals surface area contributed by atoms with E-state index >= 15 is 0 Å². The third-order valence-electron chi connectivity index (χ3n) is 2.30. The molecule has 0 aromatic heterocycles. The highest BCUT2D eigenvalue weighted by atomic mass is 14.5. The molecule has 0 heterocycles. The topological polar surface area (TPSA) is 52.0 Å². The van der Waals surface area contributed by atoms with E-state index in [0.29, 0.717) is 13.1 Å². The van der Waals surface area contributed by atoms with Crippen molar-refractivity contribution in [3.63, 3.8) is 0 Å². The molecule has 1 aromatic rings. The van der Waals surface area contributed by atoms with Crippen LogP contribution in [-0.4, -0.2) is 13.1 Å². The van der Waals surface area contributed by atoms with Gasteiger partial charge in [-0.2, -0.15) is 0 Å². The van der Waals surface area contributed by atoms with E-state index in [4.69, 9.17) is 11.5 Å². The highest BCUT2D eigenvalue weighted by Gasteiger charge is 1.92. The first-order valence-corrected chi connectivity index (χ1v) is 5.64. The molecule has 0 radical (unpaired) electrons. The molecule has 86 valence electrons. The fraction of sp³-hybridized carbons (Fsp3) is 0.286. The molecule has 16 heavy (non-hydrogen) atoms. The summed E-state index contributed by atoms with van der Waals surface area (Å²) >= 11 is 0. The Hall–Kier alpha value is -1.38. The van der Waals surface area contributed by atoms with Crippen LogP contribution in [0.4, 0.5) is 0 Å². The van der Waals surface area contributed by atoms with Gasteiger partial charge in [0, 0.05) is 13.1 Å². The highest BCUT2D eigenvalue weighted by molar-refractivity contribution is 5.26. The van der Waals surface area contributed by atoms with Gasteiger partial charge in [-0.1, -0.05) is 48.6 Å².